The molecule has 1 aliphatic heterocycles. The van der Waals surface area contributed by atoms with E-state index in [9.17, 15) is 4.79 Å². The van der Waals surface area contributed by atoms with Crippen molar-refractivity contribution in [2.75, 3.05) is 0 Å². The van der Waals surface area contributed by atoms with Crippen LogP contribution < -0.4 is 0 Å². The SMILES string of the molecule is C=C1CC(c2ccccc2-c2nccs2)OC1=O. The number of thiazole rings is 1. The molecule has 0 radical (unpaired) electrons. The second-order valence-electron chi connectivity index (χ2n) is 4.13. The highest BCUT2D eigenvalue weighted by atomic mass is 32.1. The Labute approximate surface area is 109 Å². The van der Waals surface area contributed by atoms with E-state index in [2.05, 4.69) is 11.6 Å². The third-order valence-electron chi connectivity index (χ3n) is 2.94. The van der Waals surface area contributed by atoms with Crippen LogP contribution in [0, 0.1) is 0 Å². The lowest BCUT2D eigenvalue weighted by atomic mass is 10.00. The summed E-state index contributed by atoms with van der Waals surface area (Å²) in [4.78, 5) is 15.7. The lowest BCUT2D eigenvalue weighted by Crippen LogP contribution is -2.00. The normalized spacial score (nSPS) is 19.0. The van der Waals surface area contributed by atoms with Crippen molar-refractivity contribution in [3.63, 3.8) is 0 Å². The van der Waals surface area contributed by atoms with Crippen LogP contribution in [0.2, 0.25) is 0 Å². The molecule has 0 amide bonds. The fourth-order valence-electron chi connectivity index (χ4n) is 2.06. The van der Waals surface area contributed by atoms with Crippen LogP contribution in [0.5, 0.6) is 0 Å². The fourth-order valence-corrected chi connectivity index (χ4v) is 2.75. The van der Waals surface area contributed by atoms with E-state index in [4.69, 9.17) is 4.74 Å². The number of nitrogens with zero attached hydrogens (tertiary/aromatic N) is 1. The molecule has 90 valence electrons. The van der Waals surface area contributed by atoms with Gasteiger partial charge in [-0.2, -0.15) is 0 Å². The van der Waals surface area contributed by atoms with E-state index in [1.54, 1.807) is 17.5 Å². The smallest absolute Gasteiger partial charge is 0.334 e. The van der Waals surface area contributed by atoms with Crippen molar-refractivity contribution in [1.29, 1.82) is 0 Å². The van der Waals surface area contributed by atoms with Gasteiger partial charge in [-0.1, -0.05) is 30.8 Å². The van der Waals surface area contributed by atoms with Crippen molar-refractivity contribution in [2.45, 2.75) is 12.5 Å². The molecule has 1 saturated heterocycles. The summed E-state index contributed by atoms with van der Waals surface area (Å²) in [7, 11) is 0. The first-order valence-electron chi connectivity index (χ1n) is 5.63. The van der Waals surface area contributed by atoms with Crippen molar-refractivity contribution < 1.29 is 9.53 Å². The second-order valence-corrected chi connectivity index (χ2v) is 5.02. The Bertz CT molecular complexity index is 588. The predicted molar refractivity (Wildman–Crippen MR) is 70.1 cm³/mol. The van der Waals surface area contributed by atoms with E-state index < -0.39 is 0 Å². The number of hydrogen-bond acceptors (Lipinski definition) is 4. The average molecular weight is 257 g/mol. The summed E-state index contributed by atoms with van der Waals surface area (Å²) in [5, 5.41) is 2.88. The molecule has 0 saturated carbocycles. The molecule has 2 heterocycles. The Morgan fingerprint density at radius 2 is 2.22 bits per heavy atom. The van der Waals surface area contributed by atoms with Crippen molar-refractivity contribution in [2.24, 2.45) is 0 Å². The quantitative estimate of drug-likeness (QED) is 0.611. The van der Waals surface area contributed by atoms with Crippen LogP contribution in [0.3, 0.4) is 0 Å². The van der Waals surface area contributed by atoms with Gasteiger partial charge >= 0.3 is 5.97 Å². The molecule has 1 aromatic carbocycles. The number of carbonyl (C=O) groups is 1. The minimum absolute atomic E-state index is 0.231. The van der Waals surface area contributed by atoms with Gasteiger partial charge in [0.25, 0.3) is 0 Å². The summed E-state index contributed by atoms with van der Waals surface area (Å²) < 4.78 is 5.34. The summed E-state index contributed by atoms with van der Waals surface area (Å²) >= 11 is 1.58. The van der Waals surface area contributed by atoms with Crippen LogP contribution in [0.25, 0.3) is 10.6 Å². The zero-order valence-corrected chi connectivity index (χ0v) is 10.4. The number of benzene rings is 1. The molecule has 18 heavy (non-hydrogen) atoms. The summed E-state index contributed by atoms with van der Waals surface area (Å²) in [6, 6.07) is 7.89. The molecule has 1 aliphatic rings. The highest BCUT2D eigenvalue weighted by molar-refractivity contribution is 7.13. The third-order valence-corrected chi connectivity index (χ3v) is 3.75. The Balaban J connectivity index is 2.03. The predicted octanol–water partition coefficient (Wildman–Crippen LogP) is 3.35. The molecule has 1 aromatic heterocycles. The third kappa shape index (κ3) is 1.84. The lowest BCUT2D eigenvalue weighted by molar-refractivity contribution is -0.139. The number of rotatable bonds is 2. The second kappa shape index (κ2) is 4.38. The van der Waals surface area contributed by atoms with Crippen LogP contribution in [-0.2, 0) is 9.53 Å². The summed E-state index contributed by atoms with van der Waals surface area (Å²) in [5.74, 6) is -0.297. The first-order valence-corrected chi connectivity index (χ1v) is 6.51. The Morgan fingerprint density at radius 3 is 2.89 bits per heavy atom. The van der Waals surface area contributed by atoms with Gasteiger partial charge in [0.15, 0.2) is 0 Å². The van der Waals surface area contributed by atoms with Crippen molar-refractivity contribution >= 4 is 17.3 Å². The van der Waals surface area contributed by atoms with E-state index in [-0.39, 0.29) is 12.1 Å². The van der Waals surface area contributed by atoms with Crippen LogP contribution >= 0.6 is 11.3 Å². The Hall–Kier alpha value is -1.94. The van der Waals surface area contributed by atoms with Gasteiger partial charge in [-0.25, -0.2) is 9.78 Å². The highest BCUT2D eigenvalue weighted by Gasteiger charge is 2.30. The molecule has 2 aromatic rings. The molecule has 0 bridgehead atoms. The summed E-state index contributed by atoms with van der Waals surface area (Å²) in [6.07, 6.45) is 2.10. The first-order chi connectivity index (χ1) is 8.75. The number of cyclic esters (lactones) is 1. The summed E-state index contributed by atoms with van der Waals surface area (Å²) in [6.45, 7) is 3.72. The van der Waals surface area contributed by atoms with Gasteiger partial charge in [0.1, 0.15) is 11.1 Å². The van der Waals surface area contributed by atoms with Crippen LogP contribution in [-0.4, -0.2) is 11.0 Å². The Morgan fingerprint density at radius 1 is 1.39 bits per heavy atom. The number of ether oxygens (including phenoxy) is 1. The average Bonchev–Trinajstić information content (AvgIpc) is 3.01. The number of carbonyl (C=O) groups excluding carboxylic acids is 1. The molecule has 1 unspecified atom stereocenters. The van der Waals surface area contributed by atoms with Gasteiger partial charge in [-0.15, -0.1) is 11.3 Å². The molecule has 0 spiro atoms. The molecule has 1 fully saturated rings. The highest BCUT2D eigenvalue weighted by Crippen LogP contribution is 2.38. The fraction of sp³-hybridized carbons (Fsp3) is 0.143. The zero-order valence-electron chi connectivity index (χ0n) is 9.63. The molecule has 1 atom stereocenters. The van der Waals surface area contributed by atoms with Crippen LogP contribution in [0.1, 0.15) is 18.1 Å². The van der Waals surface area contributed by atoms with Gasteiger partial charge < -0.3 is 4.74 Å². The van der Waals surface area contributed by atoms with E-state index in [1.807, 2.05) is 29.6 Å². The van der Waals surface area contributed by atoms with E-state index >= 15 is 0 Å². The van der Waals surface area contributed by atoms with Gasteiger partial charge in [-0.3, -0.25) is 0 Å². The maximum atomic E-state index is 11.4. The zero-order chi connectivity index (χ0) is 12.5. The lowest BCUT2D eigenvalue weighted by Gasteiger charge is -2.12. The molecule has 0 aliphatic carbocycles. The van der Waals surface area contributed by atoms with E-state index in [1.165, 1.54) is 0 Å². The first kappa shape index (κ1) is 11.2. The topological polar surface area (TPSA) is 39.2 Å². The number of hydrogen-bond donors (Lipinski definition) is 0. The maximum Gasteiger partial charge on any atom is 0.334 e. The minimum atomic E-state index is -0.297. The molecule has 4 heteroatoms. The van der Waals surface area contributed by atoms with Crippen LogP contribution in [0.4, 0.5) is 0 Å². The van der Waals surface area contributed by atoms with Gasteiger partial charge in [-0.05, 0) is 0 Å². The molecular formula is C14H11NO2S. The van der Waals surface area contributed by atoms with Crippen molar-refractivity contribution in [1.82, 2.24) is 4.98 Å². The van der Waals surface area contributed by atoms with Crippen LogP contribution in [0.15, 0.2) is 48.0 Å². The minimum Gasteiger partial charge on any atom is -0.454 e. The van der Waals surface area contributed by atoms with E-state index in [0.29, 0.717) is 12.0 Å². The number of esters is 1. The monoisotopic (exact) mass is 257 g/mol. The van der Waals surface area contributed by atoms with E-state index in [0.717, 1.165) is 16.1 Å². The molecule has 0 N–H and O–H groups in total. The van der Waals surface area contributed by atoms with Gasteiger partial charge in [0.2, 0.25) is 0 Å². The maximum absolute atomic E-state index is 11.4. The van der Waals surface area contributed by atoms with Gasteiger partial charge in [0.05, 0.1) is 0 Å². The Kier molecular flexibility index (Phi) is 2.72. The molecule has 3 nitrogen and oxygen atoms in total. The standard InChI is InChI=1S/C14H11NO2S/c1-9-8-12(17-14(9)16)10-4-2-3-5-11(10)13-15-6-7-18-13/h2-7,12H,1,8H2. The summed E-state index contributed by atoms with van der Waals surface area (Å²) in [5.41, 5.74) is 2.56. The number of aromatic nitrogens is 1. The van der Waals surface area contributed by atoms with Gasteiger partial charge in [0, 0.05) is 34.7 Å². The van der Waals surface area contributed by atoms with Crippen molar-refractivity contribution in [3.8, 4) is 10.6 Å². The van der Waals surface area contributed by atoms with Crippen molar-refractivity contribution in [3.05, 3.63) is 53.6 Å². The molecule has 3 rings (SSSR count). The molecular weight excluding hydrogens is 246 g/mol. The largest absolute Gasteiger partial charge is 0.454 e.